The molecule has 0 fully saturated rings. The number of anilines is 2. The normalized spacial score (nSPS) is 16.7. The van der Waals surface area contributed by atoms with Crippen molar-refractivity contribution in [3.05, 3.63) is 48.0 Å². The number of hydrogen-bond acceptors (Lipinski definition) is 4. The van der Waals surface area contributed by atoms with E-state index in [1.807, 2.05) is 30.3 Å². The van der Waals surface area contributed by atoms with Gasteiger partial charge < -0.3 is 15.4 Å². The second-order valence-corrected chi connectivity index (χ2v) is 5.21. The van der Waals surface area contributed by atoms with Crippen molar-refractivity contribution >= 4 is 11.6 Å². The van der Waals surface area contributed by atoms with Crippen molar-refractivity contribution in [2.24, 2.45) is 0 Å². The fourth-order valence-electron chi connectivity index (χ4n) is 2.54. The molecule has 1 unspecified atom stereocenters. The summed E-state index contributed by atoms with van der Waals surface area (Å²) in [4.78, 5) is 4.61. The van der Waals surface area contributed by atoms with Gasteiger partial charge in [-0.05, 0) is 24.6 Å². The lowest BCUT2D eigenvalue weighted by molar-refractivity contribution is 0.274. The fraction of sp³-hybridized carbons (Fsp3) is 0.353. The lowest BCUT2D eigenvalue weighted by Crippen LogP contribution is -2.20. The van der Waals surface area contributed by atoms with Crippen LogP contribution in [0.4, 0.5) is 11.6 Å². The lowest BCUT2D eigenvalue weighted by atomic mass is 10.0. The van der Waals surface area contributed by atoms with Crippen molar-refractivity contribution in [2.75, 3.05) is 23.8 Å². The van der Waals surface area contributed by atoms with Gasteiger partial charge >= 0.3 is 0 Å². The first-order chi connectivity index (χ1) is 10.4. The number of aromatic nitrogens is 1. The summed E-state index contributed by atoms with van der Waals surface area (Å²) in [6, 6.07) is 14.5. The molecule has 0 saturated carbocycles. The van der Waals surface area contributed by atoms with E-state index >= 15 is 0 Å². The summed E-state index contributed by atoms with van der Waals surface area (Å²) < 4.78 is 5.70. The molecule has 1 atom stereocenters. The average Bonchev–Trinajstić information content (AvgIpc) is 2.54. The standard InChI is InChI=1S/C17H21N3O/c1-2-11-18-16-8-5-9-17(20-16)19-14-10-12-21-15-7-4-3-6-13(14)15/h3-9,14H,2,10-12H2,1H3,(H2,18,19,20). The Morgan fingerprint density at radius 1 is 1.14 bits per heavy atom. The van der Waals surface area contributed by atoms with Crippen LogP contribution in [0, 0.1) is 0 Å². The maximum Gasteiger partial charge on any atom is 0.128 e. The topological polar surface area (TPSA) is 46.2 Å². The van der Waals surface area contributed by atoms with Crippen LogP contribution in [0.3, 0.4) is 0 Å². The minimum Gasteiger partial charge on any atom is -0.493 e. The molecule has 3 rings (SSSR count). The van der Waals surface area contributed by atoms with Gasteiger partial charge in [0.05, 0.1) is 12.6 Å². The summed E-state index contributed by atoms with van der Waals surface area (Å²) in [5.41, 5.74) is 1.21. The first-order valence-corrected chi connectivity index (χ1v) is 7.56. The van der Waals surface area contributed by atoms with Gasteiger partial charge in [0.15, 0.2) is 0 Å². The van der Waals surface area contributed by atoms with E-state index < -0.39 is 0 Å². The number of nitrogens with one attached hydrogen (secondary N) is 2. The number of nitrogens with zero attached hydrogens (tertiary/aromatic N) is 1. The van der Waals surface area contributed by atoms with E-state index in [-0.39, 0.29) is 6.04 Å². The van der Waals surface area contributed by atoms with Crippen molar-refractivity contribution in [1.29, 1.82) is 0 Å². The number of ether oxygens (including phenoxy) is 1. The van der Waals surface area contributed by atoms with E-state index in [0.717, 1.165) is 43.4 Å². The SMILES string of the molecule is CCCNc1cccc(NC2CCOc3ccccc32)n1. The average molecular weight is 283 g/mol. The molecule has 0 aliphatic carbocycles. The highest BCUT2D eigenvalue weighted by Gasteiger charge is 2.21. The van der Waals surface area contributed by atoms with Crippen molar-refractivity contribution in [1.82, 2.24) is 4.98 Å². The van der Waals surface area contributed by atoms with Crippen molar-refractivity contribution < 1.29 is 4.74 Å². The van der Waals surface area contributed by atoms with E-state index in [1.165, 1.54) is 5.56 Å². The van der Waals surface area contributed by atoms with Crippen molar-refractivity contribution in [2.45, 2.75) is 25.8 Å². The monoisotopic (exact) mass is 283 g/mol. The Bertz CT molecular complexity index is 600. The van der Waals surface area contributed by atoms with E-state index in [1.54, 1.807) is 0 Å². The van der Waals surface area contributed by atoms with Crippen LogP contribution in [0.1, 0.15) is 31.4 Å². The molecule has 1 aliphatic heterocycles. The second-order valence-electron chi connectivity index (χ2n) is 5.21. The third-order valence-electron chi connectivity index (χ3n) is 3.59. The summed E-state index contributed by atoms with van der Waals surface area (Å²) in [6.45, 7) is 3.83. The minimum absolute atomic E-state index is 0.254. The van der Waals surface area contributed by atoms with Gasteiger partial charge in [0.25, 0.3) is 0 Å². The third kappa shape index (κ3) is 3.27. The number of fused-ring (bicyclic) bond motifs is 1. The van der Waals surface area contributed by atoms with Gasteiger partial charge in [-0.3, -0.25) is 0 Å². The zero-order chi connectivity index (χ0) is 14.5. The van der Waals surface area contributed by atoms with Crippen LogP contribution < -0.4 is 15.4 Å². The third-order valence-corrected chi connectivity index (χ3v) is 3.59. The molecule has 2 N–H and O–H groups in total. The molecular formula is C17H21N3O. The van der Waals surface area contributed by atoms with Gasteiger partial charge in [0.2, 0.25) is 0 Å². The van der Waals surface area contributed by atoms with E-state index in [4.69, 9.17) is 4.74 Å². The van der Waals surface area contributed by atoms with Crippen molar-refractivity contribution in [3.8, 4) is 5.75 Å². The Balaban J connectivity index is 1.75. The molecule has 2 heterocycles. The van der Waals surface area contributed by atoms with Crippen LogP contribution in [0.5, 0.6) is 5.75 Å². The molecule has 1 aromatic carbocycles. The largest absolute Gasteiger partial charge is 0.493 e. The van der Waals surface area contributed by atoms with Crippen LogP contribution in [0.15, 0.2) is 42.5 Å². The Morgan fingerprint density at radius 2 is 2.00 bits per heavy atom. The summed E-state index contributed by atoms with van der Waals surface area (Å²) in [5.74, 6) is 2.79. The highest BCUT2D eigenvalue weighted by atomic mass is 16.5. The highest BCUT2D eigenvalue weighted by Crippen LogP contribution is 2.33. The molecule has 110 valence electrons. The molecule has 0 spiro atoms. The molecule has 21 heavy (non-hydrogen) atoms. The lowest BCUT2D eigenvalue weighted by Gasteiger charge is -2.27. The number of rotatable bonds is 5. The molecule has 1 aliphatic rings. The zero-order valence-electron chi connectivity index (χ0n) is 12.3. The van der Waals surface area contributed by atoms with Crippen LogP contribution >= 0.6 is 0 Å². The first kappa shape index (κ1) is 13.7. The predicted octanol–water partition coefficient (Wildman–Crippen LogP) is 3.84. The Morgan fingerprint density at radius 3 is 2.90 bits per heavy atom. The van der Waals surface area contributed by atoms with Gasteiger partial charge in [-0.25, -0.2) is 4.98 Å². The van der Waals surface area contributed by atoms with Crippen LogP contribution in [-0.4, -0.2) is 18.1 Å². The summed E-state index contributed by atoms with van der Waals surface area (Å²) in [6.07, 6.45) is 2.04. The van der Waals surface area contributed by atoms with Gasteiger partial charge in [-0.1, -0.05) is 31.2 Å². The maximum absolute atomic E-state index is 5.70. The van der Waals surface area contributed by atoms with Crippen LogP contribution in [0.25, 0.3) is 0 Å². The van der Waals surface area contributed by atoms with Gasteiger partial charge in [0.1, 0.15) is 17.4 Å². The quantitative estimate of drug-likeness (QED) is 0.875. The Hall–Kier alpha value is -2.23. The predicted molar refractivity (Wildman–Crippen MR) is 85.9 cm³/mol. The van der Waals surface area contributed by atoms with Gasteiger partial charge in [-0.15, -0.1) is 0 Å². The molecule has 0 bridgehead atoms. The number of benzene rings is 1. The molecule has 4 nitrogen and oxygen atoms in total. The van der Waals surface area contributed by atoms with Crippen LogP contribution in [0.2, 0.25) is 0 Å². The smallest absolute Gasteiger partial charge is 0.128 e. The Labute approximate surface area is 125 Å². The van der Waals surface area contributed by atoms with Crippen LogP contribution in [-0.2, 0) is 0 Å². The summed E-state index contributed by atoms with van der Waals surface area (Å²) in [5, 5.41) is 6.84. The molecular weight excluding hydrogens is 262 g/mol. The van der Waals surface area contributed by atoms with E-state index in [9.17, 15) is 0 Å². The molecule has 0 radical (unpaired) electrons. The molecule has 0 saturated heterocycles. The summed E-state index contributed by atoms with van der Waals surface area (Å²) in [7, 11) is 0. The van der Waals surface area contributed by atoms with Crippen molar-refractivity contribution in [3.63, 3.8) is 0 Å². The zero-order valence-corrected chi connectivity index (χ0v) is 12.3. The highest BCUT2D eigenvalue weighted by molar-refractivity contribution is 5.48. The summed E-state index contributed by atoms with van der Waals surface area (Å²) >= 11 is 0. The fourth-order valence-corrected chi connectivity index (χ4v) is 2.54. The first-order valence-electron chi connectivity index (χ1n) is 7.56. The number of para-hydroxylation sites is 1. The molecule has 4 heteroatoms. The molecule has 2 aromatic rings. The molecule has 0 amide bonds. The second kappa shape index (κ2) is 6.48. The van der Waals surface area contributed by atoms with Gasteiger partial charge in [0, 0.05) is 18.5 Å². The maximum atomic E-state index is 5.70. The number of hydrogen-bond donors (Lipinski definition) is 2. The minimum atomic E-state index is 0.254. The molecule has 1 aromatic heterocycles. The number of pyridine rings is 1. The van der Waals surface area contributed by atoms with Gasteiger partial charge in [-0.2, -0.15) is 0 Å². The van der Waals surface area contributed by atoms with E-state index in [0.29, 0.717) is 0 Å². The van der Waals surface area contributed by atoms with E-state index in [2.05, 4.69) is 34.7 Å². The Kier molecular flexibility index (Phi) is 4.24.